The fourth-order valence-corrected chi connectivity index (χ4v) is 3.67. The normalized spacial score (nSPS) is 45.9. The van der Waals surface area contributed by atoms with Crippen LogP contribution in [0.2, 0.25) is 0 Å². The molecule has 16 heavy (non-hydrogen) atoms. The SMILES string of the molecule is C[C@@]12CCCC[C@]13O[C@@H]3C(N)=C(C(N)=O)C2. The molecular formula is C12H18N2O2. The number of amides is 1. The second-order valence-corrected chi connectivity index (χ2v) is 5.63. The van der Waals surface area contributed by atoms with Gasteiger partial charge >= 0.3 is 0 Å². The average molecular weight is 222 g/mol. The first-order chi connectivity index (χ1) is 7.50. The van der Waals surface area contributed by atoms with Crippen LogP contribution in [0.1, 0.15) is 39.0 Å². The second-order valence-electron chi connectivity index (χ2n) is 5.63. The van der Waals surface area contributed by atoms with Crippen LogP contribution >= 0.6 is 0 Å². The lowest BCUT2D eigenvalue weighted by Gasteiger charge is -2.43. The van der Waals surface area contributed by atoms with Crippen molar-refractivity contribution < 1.29 is 9.53 Å². The van der Waals surface area contributed by atoms with Gasteiger partial charge in [-0.3, -0.25) is 4.79 Å². The van der Waals surface area contributed by atoms with Crippen molar-refractivity contribution in [2.75, 3.05) is 0 Å². The third-order valence-electron chi connectivity index (χ3n) is 4.74. The van der Waals surface area contributed by atoms with Crippen LogP contribution in [-0.4, -0.2) is 17.6 Å². The zero-order valence-corrected chi connectivity index (χ0v) is 9.58. The van der Waals surface area contributed by atoms with Crippen molar-refractivity contribution in [2.24, 2.45) is 16.9 Å². The molecule has 0 aromatic carbocycles. The van der Waals surface area contributed by atoms with Crippen LogP contribution in [0.15, 0.2) is 11.3 Å². The van der Waals surface area contributed by atoms with Crippen molar-refractivity contribution in [1.29, 1.82) is 0 Å². The third kappa shape index (κ3) is 1.01. The van der Waals surface area contributed by atoms with E-state index in [0.29, 0.717) is 17.7 Å². The predicted molar refractivity (Wildman–Crippen MR) is 59.2 cm³/mol. The highest BCUT2D eigenvalue weighted by molar-refractivity contribution is 5.93. The van der Waals surface area contributed by atoms with Gasteiger partial charge in [-0.15, -0.1) is 0 Å². The summed E-state index contributed by atoms with van der Waals surface area (Å²) in [7, 11) is 0. The highest BCUT2D eigenvalue weighted by atomic mass is 16.6. The summed E-state index contributed by atoms with van der Waals surface area (Å²) in [5.41, 5.74) is 12.5. The molecule has 4 heteroatoms. The zero-order valence-electron chi connectivity index (χ0n) is 9.58. The van der Waals surface area contributed by atoms with Crippen LogP contribution in [0.25, 0.3) is 0 Å². The van der Waals surface area contributed by atoms with Crippen LogP contribution in [0, 0.1) is 5.41 Å². The standard InChI is InChI=1S/C12H18N2O2/c1-11-4-2-3-5-12(11)9(16-12)8(13)7(6-11)10(14)15/h9H,2-6,13H2,1H3,(H2,14,15)/t9-,11+,12-/m1/s1. The molecule has 88 valence electrons. The van der Waals surface area contributed by atoms with Gasteiger partial charge < -0.3 is 16.2 Å². The van der Waals surface area contributed by atoms with Crippen LogP contribution in [-0.2, 0) is 9.53 Å². The maximum atomic E-state index is 11.4. The molecule has 1 saturated heterocycles. The average Bonchev–Trinajstić information content (AvgIpc) is 2.95. The summed E-state index contributed by atoms with van der Waals surface area (Å²) in [5, 5.41) is 0. The monoisotopic (exact) mass is 222 g/mol. The minimum Gasteiger partial charge on any atom is -0.399 e. The molecule has 3 aliphatic rings. The Labute approximate surface area is 95.0 Å². The van der Waals surface area contributed by atoms with E-state index in [1.807, 2.05) is 0 Å². The summed E-state index contributed by atoms with van der Waals surface area (Å²) in [4.78, 5) is 11.4. The molecule has 3 rings (SSSR count). The Hall–Kier alpha value is -1.03. The first kappa shape index (κ1) is 10.1. The van der Waals surface area contributed by atoms with Gasteiger partial charge in [0.2, 0.25) is 5.91 Å². The highest BCUT2D eigenvalue weighted by Gasteiger charge is 2.70. The summed E-state index contributed by atoms with van der Waals surface area (Å²) >= 11 is 0. The zero-order chi connectivity index (χ0) is 11.6. The van der Waals surface area contributed by atoms with Crippen molar-refractivity contribution >= 4 is 5.91 Å². The largest absolute Gasteiger partial charge is 0.399 e. The minimum absolute atomic E-state index is 0.0472. The van der Waals surface area contributed by atoms with E-state index in [1.165, 1.54) is 12.8 Å². The summed E-state index contributed by atoms with van der Waals surface area (Å²) in [6.07, 6.45) is 5.22. The lowest BCUT2D eigenvalue weighted by Crippen LogP contribution is -2.46. The summed E-state index contributed by atoms with van der Waals surface area (Å²) < 4.78 is 5.87. The summed E-state index contributed by atoms with van der Waals surface area (Å²) in [6.45, 7) is 2.21. The number of hydrogen-bond acceptors (Lipinski definition) is 3. The number of hydrogen-bond donors (Lipinski definition) is 2. The first-order valence-corrected chi connectivity index (χ1v) is 5.96. The minimum atomic E-state index is -0.381. The fraction of sp³-hybridized carbons (Fsp3) is 0.750. The molecule has 4 nitrogen and oxygen atoms in total. The molecule has 2 fully saturated rings. The van der Waals surface area contributed by atoms with Gasteiger partial charge in [-0.25, -0.2) is 0 Å². The first-order valence-electron chi connectivity index (χ1n) is 5.96. The Bertz CT molecular complexity index is 404. The highest BCUT2D eigenvalue weighted by Crippen LogP contribution is 2.65. The van der Waals surface area contributed by atoms with E-state index >= 15 is 0 Å². The van der Waals surface area contributed by atoms with Crippen molar-refractivity contribution in [1.82, 2.24) is 0 Å². The number of carbonyl (C=O) groups is 1. The maximum Gasteiger partial charge on any atom is 0.246 e. The molecule has 0 aromatic rings. The number of ether oxygens (including phenoxy) is 1. The smallest absolute Gasteiger partial charge is 0.246 e. The van der Waals surface area contributed by atoms with E-state index in [2.05, 4.69) is 6.92 Å². The van der Waals surface area contributed by atoms with Gasteiger partial charge in [0.1, 0.15) is 11.7 Å². The molecule has 1 spiro atoms. The Morgan fingerprint density at radius 1 is 1.44 bits per heavy atom. The van der Waals surface area contributed by atoms with Crippen molar-refractivity contribution in [3.05, 3.63) is 11.3 Å². The van der Waals surface area contributed by atoms with Gasteiger partial charge in [-0.05, 0) is 19.3 Å². The molecule has 4 N–H and O–H groups in total. The molecule has 1 amide bonds. The van der Waals surface area contributed by atoms with Gasteiger partial charge in [0.05, 0.1) is 0 Å². The molecule has 0 bridgehead atoms. The van der Waals surface area contributed by atoms with E-state index in [1.54, 1.807) is 0 Å². The second kappa shape index (κ2) is 2.80. The summed E-state index contributed by atoms with van der Waals surface area (Å²) in [5.74, 6) is -0.381. The van der Waals surface area contributed by atoms with Crippen molar-refractivity contribution in [2.45, 2.75) is 50.7 Å². The molecule has 0 aromatic heterocycles. The lowest BCUT2D eigenvalue weighted by molar-refractivity contribution is -0.115. The quantitative estimate of drug-likeness (QED) is 0.644. The molecule has 1 aliphatic heterocycles. The molecule has 3 atom stereocenters. The van der Waals surface area contributed by atoms with Gasteiger partial charge in [-0.2, -0.15) is 0 Å². The van der Waals surface area contributed by atoms with Gasteiger partial charge in [0, 0.05) is 16.7 Å². The maximum absolute atomic E-state index is 11.4. The van der Waals surface area contributed by atoms with Crippen LogP contribution in [0.4, 0.5) is 0 Å². The van der Waals surface area contributed by atoms with E-state index < -0.39 is 0 Å². The van der Waals surface area contributed by atoms with Crippen molar-refractivity contribution in [3.8, 4) is 0 Å². The summed E-state index contributed by atoms with van der Waals surface area (Å²) in [6, 6.07) is 0. The van der Waals surface area contributed by atoms with Crippen LogP contribution < -0.4 is 11.5 Å². The Morgan fingerprint density at radius 3 is 2.81 bits per heavy atom. The van der Waals surface area contributed by atoms with Gasteiger partial charge in [0.15, 0.2) is 0 Å². The molecule has 1 saturated carbocycles. The Balaban J connectivity index is 2.04. The number of carbonyl (C=O) groups excluding carboxylic acids is 1. The Kier molecular flexibility index (Phi) is 1.78. The van der Waals surface area contributed by atoms with E-state index in [9.17, 15) is 4.79 Å². The molecule has 2 aliphatic carbocycles. The molecular weight excluding hydrogens is 204 g/mol. The number of rotatable bonds is 1. The third-order valence-corrected chi connectivity index (χ3v) is 4.74. The van der Waals surface area contributed by atoms with Crippen LogP contribution in [0.3, 0.4) is 0 Å². The molecule has 0 radical (unpaired) electrons. The van der Waals surface area contributed by atoms with E-state index in [4.69, 9.17) is 16.2 Å². The van der Waals surface area contributed by atoms with Crippen molar-refractivity contribution in [3.63, 3.8) is 0 Å². The fourth-order valence-electron chi connectivity index (χ4n) is 3.67. The number of primary amides is 1. The predicted octanol–water partition coefficient (Wildman–Crippen LogP) is 0.806. The van der Waals surface area contributed by atoms with Crippen LogP contribution in [0.5, 0.6) is 0 Å². The number of nitrogens with two attached hydrogens (primary N) is 2. The van der Waals surface area contributed by atoms with E-state index in [0.717, 1.165) is 12.8 Å². The van der Waals surface area contributed by atoms with Gasteiger partial charge in [-0.1, -0.05) is 19.8 Å². The molecule has 1 heterocycles. The number of epoxide rings is 1. The molecule has 0 unspecified atom stereocenters. The Morgan fingerprint density at radius 2 is 2.12 bits per heavy atom. The van der Waals surface area contributed by atoms with E-state index in [-0.39, 0.29) is 23.0 Å². The lowest BCUT2D eigenvalue weighted by atomic mass is 9.59. The van der Waals surface area contributed by atoms with Gasteiger partial charge in [0.25, 0.3) is 0 Å². The topological polar surface area (TPSA) is 81.6 Å².